The maximum atomic E-state index is 11.9. The Hall–Kier alpha value is -2.87. The van der Waals surface area contributed by atoms with Gasteiger partial charge in [-0.25, -0.2) is 4.79 Å². The van der Waals surface area contributed by atoms with Gasteiger partial charge in [0.2, 0.25) is 5.91 Å². The highest BCUT2D eigenvalue weighted by Crippen LogP contribution is 2.28. The van der Waals surface area contributed by atoms with Crippen LogP contribution in [0.3, 0.4) is 0 Å². The van der Waals surface area contributed by atoms with Crippen molar-refractivity contribution >= 4 is 29.0 Å². The first-order valence-electron chi connectivity index (χ1n) is 8.31. The van der Waals surface area contributed by atoms with Gasteiger partial charge in [0.25, 0.3) is 0 Å². The van der Waals surface area contributed by atoms with Crippen LogP contribution in [0.1, 0.15) is 44.7 Å². The Balaban J connectivity index is 1.73. The standard InChI is InChI=1S/C19H21NO6S/c1-12(21)13-5-7-15(16(10-13)25-2)26-9-3-4-18(22)20-11-14-6-8-17(27-14)19(23)24/h5-8,10H,3-4,9,11H2,1-2H3,(H,20,22)(H,23,24). The summed E-state index contributed by atoms with van der Waals surface area (Å²) >= 11 is 1.14. The fourth-order valence-electron chi connectivity index (χ4n) is 2.28. The lowest BCUT2D eigenvalue weighted by molar-refractivity contribution is -0.121. The average molecular weight is 391 g/mol. The van der Waals surface area contributed by atoms with Gasteiger partial charge in [0.15, 0.2) is 17.3 Å². The van der Waals surface area contributed by atoms with Gasteiger partial charge in [0.1, 0.15) is 4.88 Å². The lowest BCUT2D eigenvalue weighted by atomic mass is 10.1. The molecule has 1 aromatic heterocycles. The first-order chi connectivity index (χ1) is 12.9. The fraction of sp³-hybridized carbons (Fsp3) is 0.316. The summed E-state index contributed by atoms with van der Waals surface area (Å²) in [7, 11) is 1.50. The lowest BCUT2D eigenvalue weighted by Crippen LogP contribution is -2.22. The molecule has 2 rings (SSSR count). The number of methoxy groups -OCH3 is 1. The number of ketones is 1. The van der Waals surface area contributed by atoms with Crippen LogP contribution in [-0.2, 0) is 11.3 Å². The minimum atomic E-state index is -0.971. The number of hydrogen-bond acceptors (Lipinski definition) is 6. The van der Waals surface area contributed by atoms with Gasteiger partial charge >= 0.3 is 5.97 Å². The van der Waals surface area contributed by atoms with Gasteiger partial charge < -0.3 is 19.9 Å². The number of ether oxygens (including phenoxy) is 2. The summed E-state index contributed by atoms with van der Waals surface area (Å²) < 4.78 is 10.8. The maximum Gasteiger partial charge on any atom is 0.345 e. The van der Waals surface area contributed by atoms with Crippen molar-refractivity contribution < 1.29 is 29.0 Å². The average Bonchev–Trinajstić information content (AvgIpc) is 3.12. The monoisotopic (exact) mass is 391 g/mol. The highest BCUT2D eigenvalue weighted by Gasteiger charge is 2.10. The van der Waals surface area contributed by atoms with Gasteiger partial charge in [-0.15, -0.1) is 11.3 Å². The number of hydrogen-bond donors (Lipinski definition) is 2. The summed E-state index contributed by atoms with van der Waals surface area (Å²) in [5, 5.41) is 11.6. The Bertz CT molecular complexity index is 829. The number of thiophene rings is 1. The molecule has 2 N–H and O–H groups in total. The number of aromatic carboxylic acids is 1. The molecule has 0 aliphatic rings. The molecule has 2 aromatic rings. The normalized spacial score (nSPS) is 10.3. The molecule has 0 atom stereocenters. The first kappa shape index (κ1) is 20.4. The van der Waals surface area contributed by atoms with E-state index in [1.807, 2.05) is 0 Å². The molecule has 0 aliphatic heterocycles. The molecule has 0 aliphatic carbocycles. The van der Waals surface area contributed by atoms with E-state index in [0.29, 0.717) is 36.6 Å². The van der Waals surface area contributed by atoms with Crippen molar-refractivity contribution in [3.05, 3.63) is 45.6 Å². The number of rotatable bonds is 10. The molecule has 144 valence electrons. The summed E-state index contributed by atoms with van der Waals surface area (Å²) in [5.74, 6) is -0.177. The Morgan fingerprint density at radius 2 is 1.93 bits per heavy atom. The van der Waals surface area contributed by atoms with Gasteiger partial charge in [-0.05, 0) is 43.7 Å². The van der Waals surface area contributed by atoms with E-state index in [1.54, 1.807) is 24.3 Å². The third-order valence-electron chi connectivity index (χ3n) is 3.71. The summed E-state index contributed by atoms with van der Waals surface area (Å²) in [6.07, 6.45) is 0.791. The minimum Gasteiger partial charge on any atom is -0.493 e. The number of carboxylic acid groups (broad SMARTS) is 1. The predicted octanol–water partition coefficient (Wildman–Crippen LogP) is 3.13. The molecule has 0 bridgehead atoms. The van der Waals surface area contributed by atoms with Crippen LogP contribution in [0.15, 0.2) is 30.3 Å². The number of benzene rings is 1. The first-order valence-corrected chi connectivity index (χ1v) is 9.13. The molecule has 27 heavy (non-hydrogen) atoms. The van der Waals surface area contributed by atoms with Crippen LogP contribution in [-0.4, -0.2) is 36.5 Å². The number of nitrogens with one attached hydrogen (secondary N) is 1. The van der Waals surface area contributed by atoms with Crippen molar-refractivity contribution in [2.45, 2.75) is 26.3 Å². The Kier molecular flexibility index (Phi) is 7.36. The van der Waals surface area contributed by atoms with Crippen LogP contribution < -0.4 is 14.8 Å². The number of amides is 1. The topological polar surface area (TPSA) is 102 Å². The zero-order valence-electron chi connectivity index (χ0n) is 15.1. The van der Waals surface area contributed by atoms with Crippen molar-refractivity contribution in [3.63, 3.8) is 0 Å². The van der Waals surface area contributed by atoms with E-state index in [4.69, 9.17) is 14.6 Å². The summed E-state index contributed by atoms with van der Waals surface area (Å²) in [5.41, 5.74) is 0.540. The van der Waals surface area contributed by atoms with E-state index in [2.05, 4.69) is 5.32 Å². The molecule has 0 saturated heterocycles. The molecule has 1 amide bonds. The van der Waals surface area contributed by atoms with Gasteiger partial charge in [-0.3, -0.25) is 9.59 Å². The van der Waals surface area contributed by atoms with Crippen molar-refractivity contribution in [3.8, 4) is 11.5 Å². The summed E-state index contributed by atoms with van der Waals surface area (Å²) in [6.45, 7) is 2.11. The number of carbonyl (C=O) groups is 3. The number of carboxylic acids is 1. The lowest BCUT2D eigenvalue weighted by Gasteiger charge is -2.11. The smallest absolute Gasteiger partial charge is 0.345 e. The van der Waals surface area contributed by atoms with Crippen molar-refractivity contribution in [1.82, 2.24) is 5.32 Å². The van der Waals surface area contributed by atoms with E-state index in [1.165, 1.54) is 20.1 Å². The van der Waals surface area contributed by atoms with E-state index in [-0.39, 0.29) is 23.0 Å². The van der Waals surface area contributed by atoms with Crippen LogP contribution in [0.2, 0.25) is 0 Å². The van der Waals surface area contributed by atoms with Gasteiger partial charge in [0, 0.05) is 16.9 Å². The Morgan fingerprint density at radius 3 is 2.56 bits per heavy atom. The van der Waals surface area contributed by atoms with Gasteiger partial charge in [-0.1, -0.05) is 0 Å². The van der Waals surface area contributed by atoms with Gasteiger partial charge in [-0.2, -0.15) is 0 Å². The number of carbonyl (C=O) groups excluding carboxylic acids is 2. The van der Waals surface area contributed by atoms with Crippen molar-refractivity contribution in [2.24, 2.45) is 0 Å². The Labute approximate surface area is 160 Å². The van der Waals surface area contributed by atoms with Gasteiger partial charge in [0.05, 0.1) is 20.3 Å². The number of Topliss-reactive ketones (excluding diaryl/α,β-unsaturated/α-hetero) is 1. The molecule has 0 unspecified atom stereocenters. The fourth-order valence-corrected chi connectivity index (χ4v) is 3.07. The predicted molar refractivity (Wildman–Crippen MR) is 101 cm³/mol. The second-order valence-electron chi connectivity index (χ2n) is 5.72. The van der Waals surface area contributed by atoms with E-state index >= 15 is 0 Å². The second-order valence-corrected chi connectivity index (χ2v) is 6.89. The molecule has 1 aromatic carbocycles. The zero-order valence-corrected chi connectivity index (χ0v) is 15.9. The molecular formula is C19H21NO6S. The highest BCUT2D eigenvalue weighted by molar-refractivity contribution is 7.13. The van der Waals surface area contributed by atoms with E-state index in [9.17, 15) is 14.4 Å². The third kappa shape index (κ3) is 6.10. The zero-order chi connectivity index (χ0) is 19.8. The van der Waals surface area contributed by atoms with Crippen LogP contribution in [0.4, 0.5) is 0 Å². The van der Waals surface area contributed by atoms with Crippen molar-refractivity contribution in [1.29, 1.82) is 0 Å². The molecule has 1 heterocycles. The SMILES string of the molecule is COc1cc(C(C)=O)ccc1OCCCC(=O)NCc1ccc(C(=O)O)s1. The molecular weight excluding hydrogens is 370 g/mol. The summed E-state index contributed by atoms with van der Waals surface area (Å²) in [6, 6.07) is 8.17. The maximum absolute atomic E-state index is 11.9. The van der Waals surface area contributed by atoms with E-state index in [0.717, 1.165) is 16.2 Å². The molecule has 0 fully saturated rings. The largest absolute Gasteiger partial charge is 0.493 e. The Morgan fingerprint density at radius 1 is 1.15 bits per heavy atom. The molecule has 0 radical (unpaired) electrons. The van der Waals surface area contributed by atoms with Crippen LogP contribution in [0, 0.1) is 0 Å². The molecule has 8 heteroatoms. The molecule has 0 saturated carbocycles. The van der Waals surface area contributed by atoms with Crippen molar-refractivity contribution in [2.75, 3.05) is 13.7 Å². The minimum absolute atomic E-state index is 0.0577. The second kappa shape index (κ2) is 9.72. The van der Waals surface area contributed by atoms with Crippen LogP contribution in [0.25, 0.3) is 0 Å². The van der Waals surface area contributed by atoms with E-state index < -0.39 is 5.97 Å². The summed E-state index contributed by atoms with van der Waals surface area (Å²) in [4.78, 5) is 35.1. The molecule has 7 nitrogen and oxygen atoms in total. The quantitative estimate of drug-likeness (QED) is 0.477. The molecule has 0 spiro atoms. The van der Waals surface area contributed by atoms with Crippen LogP contribution in [0.5, 0.6) is 11.5 Å². The highest BCUT2D eigenvalue weighted by atomic mass is 32.1. The third-order valence-corrected chi connectivity index (χ3v) is 4.78. The van der Waals surface area contributed by atoms with Crippen LogP contribution >= 0.6 is 11.3 Å².